The largest absolute Gasteiger partial charge is 0.264 e. The Kier molecular flexibility index (Phi) is 3.39. The molecule has 0 bridgehead atoms. The fraction of sp³-hybridized carbons (Fsp3) is 0.0667. The highest BCUT2D eigenvalue weighted by atomic mass is 35.5. The van der Waals surface area contributed by atoms with Crippen LogP contribution in [0.25, 0.3) is 22.8 Å². The molecule has 0 radical (unpaired) electrons. The van der Waals surface area contributed by atoms with E-state index in [-0.39, 0.29) is 0 Å². The molecule has 98 valence electrons. The second kappa shape index (κ2) is 5.35. The van der Waals surface area contributed by atoms with E-state index in [9.17, 15) is 0 Å². The fourth-order valence-electron chi connectivity index (χ4n) is 1.86. The van der Waals surface area contributed by atoms with Gasteiger partial charge in [-0.1, -0.05) is 17.7 Å². The normalized spacial score (nSPS) is 10.5. The van der Waals surface area contributed by atoms with Crippen molar-refractivity contribution in [2.24, 2.45) is 0 Å². The number of hydrogen-bond donors (Lipinski definition) is 0. The number of rotatable bonds is 2. The molecule has 5 heteroatoms. The molecule has 0 aromatic carbocycles. The minimum Gasteiger partial charge on any atom is -0.264 e. The molecular weight excluding hydrogens is 272 g/mol. The molecule has 0 aliphatic carbocycles. The van der Waals surface area contributed by atoms with Crippen LogP contribution in [0.15, 0.2) is 48.8 Å². The zero-order valence-corrected chi connectivity index (χ0v) is 11.5. The van der Waals surface area contributed by atoms with Gasteiger partial charge in [0.1, 0.15) is 10.8 Å². The van der Waals surface area contributed by atoms with E-state index >= 15 is 0 Å². The Morgan fingerprint density at radius 2 is 1.85 bits per heavy atom. The highest BCUT2D eigenvalue weighted by Gasteiger charge is 2.08. The van der Waals surface area contributed by atoms with Crippen LogP contribution in [-0.2, 0) is 0 Å². The van der Waals surface area contributed by atoms with Crippen molar-refractivity contribution in [3.8, 4) is 22.8 Å². The van der Waals surface area contributed by atoms with Crippen LogP contribution >= 0.6 is 11.6 Å². The van der Waals surface area contributed by atoms with Gasteiger partial charge in [-0.2, -0.15) is 0 Å². The van der Waals surface area contributed by atoms with Crippen LogP contribution in [0, 0.1) is 6.92 Å². The Morgan fingerprint density at radius 1 is 0.950 bits per heavy atom. The first-order valence-corrected chi connectivity index (χ1v) is 6.49. The average molecular weight is 283 g/mol. The van der Waals surface area contributed by atoms with Gasteiger partial charge in [-0.05, 0) is 31.2 Å². The van der Waals surface area contributed by atoms with Crippen LogP contribution in [0.5, 0.6) is 0 Å². The number of hydrogen-bond acceptors (Lipinski definition) is 4. The van der Waals surface area contributed by atoms with Gasteiger partial charge in [0.05, 0.1) is 5.69 Å². The summed E-state index contributed by atoms with van der Waals surface area (Å²) in [6, 6.07) is 11.2. The maximum absolute atomic E-state index is 6.09. The van der Waals surface area contributed by atoms with Gasteiger partial charge in [-0.15, -0.1) is 0 Å². The van der Waals surface area contributed by atoms with Crippen molar-refractivity contribution >= 4 is 11.6 Å². The monoisotopic (exact) mass is 282 g/mol. The quantitative estimate of drug-likeness (QED) is 0.674. The number of pyridine rings is 2. The number of halogens is 1. The van der Waals surface area contributed by atoms with Gasteiger partial charge in [0.25, 0.3) is 0 Å². The Balaban J connectivity index is 2.12. The van der Waals surface area contributed by atoms with E-state index in [1.807, 2.05) is 37.3 Å². The van der Waals surface area contributed by atoms with Crippen LogP contribution in [0.1, 0.15) is 5.69 Å². The second-order valence-corrected chi connectivity index (χ2v) is 4.69. The van der Waals surface area contributed by atoms with Crippen molar-refractivity contribution in [1.29, 1.82) is 0 Å². The average Bonchev–Trinajstić information content (AvgIpc) is 2.47. The minimum atomic E-state index is 0.386. The van der Waals surface area contributed by atoms with Crippen LogP contribution in [0.4, 0.5) is 0 Å². The molecule has 4 nitrogen and oxygen atoms in total. The van der Waals surface area contributed by atoms with Crippen molar-refractivity contribution in [3.05, 3.63) is 59.6 Å². The lowest BCUT2D eigenvalue weighted by atomic mass is 10.2. The lowest BCUT2D eigenvalue weighted by Crippen LogP contribution is -1.96. The summed E-state index contributed by atoms with van der Waals surface area (Å²) in [5.74, 6) is 0.514. The third-order valence-corrected chi connectivity index (χ3v) is 2.96. The SMILES string of the molecule is Cc1cccc(-c2nc(Cl)cc(-c3cccnc3)n2)n1. The summed E-state index contributed by atoms with van der Waals surface area (Å²) in [4.78, 5) is 17.3. The van der Waals surface area contributed by atoms with Crippen molar-refractivity contribution in [2.45, 2.75) is 6.92 Å². The molecule has 0 saturated carbocycles. The lowest BCUT2D eigenvalue weighted by molar-refractivity contribution is 1.11. The molecule has 0 aliphatic heterocycles. The van der Waals surface area contributed by atoms with E-state index in [0.717, 1.165) is 17.0 Å². The summed E-state index contributed by atoms with van der Waals surface area (Å²) < 4.78 is 0. The summed E-state index contributed by atoms with van der Waals surface area (Å²) >= 11 is 6.09. The second-order valence-electron chi connectivity index (χ2n) is 4.31. The first-order valence-electron chi connectivity index (χ1n) is 6.11. The molecule has 3 aromatic heterocycles. The predicted octanol–water partition coefficient (Wildman–Crippen LogP) is 3.56. The topological polar surface area (TPSA) is 51.6 Å². The molecule has 0 fully saturated rings. The molecule has 0 N–H and O–H groups in total. The summed E-state index contributed by atoms with van der Waals surface area (Å²) in [5, 5.41) is 0.386. The lowest BCUT2D eigenvalue weighted by Gasteiger charge is -2.05. The van der Waals surface area contributed by atoms with Crippen LogP contribution in [-0.4, -0.2) is 19.9 Å². The van der Waals surface area contributed by atoms with Crippen molar-refractivity contribution < 1.29 is 0 Å². The standard InChI is InChI=1S/C15H11ClN4/c1-10-4-2-6-12(18-10)15-19-13(8-14(16)20-15)11-5-3-7-17-9-11/h2-9H,1H3. The molecule has 0 atom stereocenters. The highest BCUT2D eigenvalue weighted by Crippen LogP contribution is 2.22. The van der Waals surface area contributed by atoms with Crippen molar-refractivity contribution in [2.75, 3.05) is 0 Å². The van der Waals surface area contributed by atoms with Gasteiger partial charge < -0.3 is 0 Å². The molecule has 3 rings (SSSR count). The molecule has 3 heterocycles. The zero-order valence-electron chi connectivity index (χ0n) is 10.8. The van der Waals surface area contributed by atoms with E-state index in [1.54, 1.807) is 18.5 Å². The summed E-state index contributed by atoms with van der Waals surface area (Å²) in [5.41, 5.74) is 3.24. The number of nitrogens with zero attached hydrogens (tertiary/aromatic N) is 4. The summed E-state index contributed by atoms with van der Waals surface area (Å²) in [6.07, 6.45) is 3.46. The third-order valence-electron chi connectivity index (χ3n) is 2.77. The van der Waals surface area contributed by atoms with Crippen molar-refractivity contribution in [3.63, 3.8) is 0 Å². The predicted molar refractivity (Wildman–Crippen MR) is 78.2 cm³/mol. The van der Waals surface area contributed by atoms with Gasteiger partial charge in [0.15, 0.2) is 5.82 Å². The first-order chi connectivity index (χ1) is 9.72. The van der Waals surface area contributed by atoms with Crippen molar-refractivity contribution in [1.82, 2.24) is 19.9 Å². The summed E-state index contributed by atoms with van der Waals surface area (Å²) in [6.45, 7) is 1.93. The number of aromatic nitrogens is 4. The Hall–Kier alpha value is -2.33. The van der Waals surface area contributed by atoms with Gasteiger partial charge in [0, 0.05) is 29.7 Å². The molecule has 20 heavy (non-hydrogen) atoms. The minimum absolute atomic E-state index is 0.386. The third kappa shape index (κ3) is 2.65. The van der Waals surface area contributed by atoms with E-state index in [4.69, 9.17) is 11.6 Å². The molecule has 0 saturated heterocycles. The fourth-order valence-corrected chi connectivity index (χ4v) is 2.05. The van der Waals surface area contributed by atoms with E-state index in [2.05, 4.69) is 19.9 Å². The molecule has 0 aliphatic rings. The maximum Gasteiger partial charge on any atom is 0.180 e. The number of aryl methyl sites for hydroxylation is 1. The summed E-state index contributed by atoms with van der Waals surface area (Å²) in [7, 11) is 0. The Bertz CT molecular complexity index is 744. The molecule has 0 unspecified atom stereocenters. The Labute approximate surface area is 121 Å². The smallest absolute Gasteiger partial charge is 0.180 e. The van der Waals surface area contributed by atoms with Crippen LogP contribution in [0.3, 0.4) is 0 Å². The zero-order chi connectivity index (χ0) is 13.9. The van der Waals surface area contributed by atoms with Gasteiger partial charge >= 0.3 is 0 Å². The Morgan fingerprint density at radius 3 is 2.60 bits per heavy atom. The molecular formula is C15H11ClN4. The maximum atomic E-state index is 6.09. The van der Waals surface area contributed by atoms with Crippen LogP contribution < -0.4 is 0 Å². The molecule has 3 aromatic rings. The van der Waals surface area contributed by atoms with Crippen LogP contribution in [0.2, 0.25) is 5.15 Å². The van der Waals surface area contributed by atoms with Gasteiger partial charge in [-0.25, -0.2) is 15.0 Å². The molecule has 0 amide bonds. The first kappa shape index (κ1) is 12.7. The van der Waals surface area contributed by atoms with E-state index in [0.29, 0.717) is 16.7 Å². The van der Waals surface area contributed by atoms with Gasteiger partial charge in [0.2, 0.25) is 0 Å². The van der Waals surface area contributed by atoms with E-state index < -0.39 is 0 Å². The van der Waals surface area contributed by atoms with E-state index in [1.165, 1.54) is 0 Å². The highest BCUT2D eigenvalue weighted by molar-refractivity contribution is 6.29. The molecule has 0 spiro atoms. The van der Waals surface area contributed by atoms with Gasteiger partial charge in [-0.3, -0.25) is 4.98 Å².